The largest absolute Gasteiger partial charge is 0.310 e. The lowest BCUT2D eigenvalue weighted by Crippen LogP contribution is -2.11. The molecule has 27 heavy (non-hydrogen) atoms. The molecule has 1 aromatic heterocycles. The van der Waals surface area contributed by atoms with Gasteiger partial charge in [-0.15, -0.1) is 49.7 Å². The van der Waals surface area contributed by atoms with Crippen molar-refractivity contribution in [3.8, 4) is 0 Å². The maximum atomic E-state index is 3.54. The first kappa shape index (κ1) is 29.1. The Morgan fingerprint density at radius 2 is 0.778 bits per heavy atom. The van der Waals surface area contributed by atoms with E-state index in [0.29, 0.717) is 0 Å². The lowest BCUT2D eigenvalue weighted by atomic mass is 10.5. The third-order valence-corrected chi connectivity index (χ3v) is 2.14. The Kier molecular flexibility index (Phi) is 37.3. The van der Waals surface area contributed by atoms with Crippen molar-refractivity contribution in [1.82, 2.24) is 31.4 Å². The molecule has 150 valence electrons. The molecule has 0 atom stereocenters. The van der Waals surface area contributed by atoms with Crippen molar-refractivity contribution < 1.29 is 0 Å². The Labute approximate surface area is 165 Å². The second-order valence-electron chi connectivity index (χ2n) is 4.52. The van der Waals surface area contributed by atoms with Crippen LogP contribution in [0.15, 0.2) is 94.4 Å². The lowest BCUT2D eigenvalue weighted by Gasteiger charge is -1.90. The molecule has 0 saturated carbocycles. The molecule has 0 fully saturated rings. The fourth-order valence-corrected chi connectivity index (χ4v) is 1.07. The van der Waals surface area contributed by atoms with Crippen LogP contribution >= 0.6 is 0 Å². The van der Waals surface area contributed by atoms with Crippen molar-refractivity contribution in [3.63, 3.8) is 0 Å². The average Bonchev–Trinajstić information content (AvgIpc) is 2.72. The summed E-state index contributed by atoms with van der Waals surface area (Å²) in [7, 11) is 0. The van der Waals surface area contributed by atoms with Crippen molar-refractivity contribution in [2.45, 2.75) is 0 Å². The second-order valence-corrected chi connectivity index (χ2v) is 4.52. The van der Waals surface area contributed by atoms with Gasteiger partial charge in [0, 0.05) is 39.3 Å². The molecular weight excluding hydrogens is 336 g/mol. The molecule has 0 radical (unpaired) electrons. The summed E-state index contributed by atoms with van der Waals surface area (Å²) in [4.78, 5) is 0. The molecule has 0 aromatic carbocycles. The van der Waals surface area contributed by atoms with Crippen molar-refractivity contribution in [3.05, 3.63) is 94.4 Å². The molecule has 0 aliphatic heterocycles. The van der Waals surface area contributed by atoms with Crippen LogP contribution in [-0.2, 0) is 0 Å². The number of rotatable bonds is 12. The van der Waals surface area contributed by atoms with Crippen molar-refractivity contribution in [1.29, 1.82) is 0 Å². The van der Waals surface area contributed by atoms with E-state index in [1.54, 1.807) is 18.5 Å². The predicted molar refractivity (Wildman–Crippen MR) is 120 cm³/mol. The van der Waals surface area contributed by atoms with E-state index in [0.717, 1.165) is 39.3 Å². The molecule has 0 amide bonds. The molecule has 1 aromatic rings. The number of aromatic nitrogens is 3. The number of hydrogen-bond donors (Lipinski definition) is 3. The highest BCUT2D eigenvalue weighted by Crippen LogP contribution is 1.62. The first-order chi connectivity index (χ1) is 13.2. The third-order valence-electron chi connectivity index (χ3n) is 2.14. The number of nitrogens with zero attached hydrogens (tertiary/aromatic N) is 3. The van der Waals surface area contributed by atoms with Crippen LogP contribution < -0.4 is 16.0 Å². The van der Waals surface area contributed by atoms with Crippen LogP contribution in [0.3, 0.4) is 0 Å². The molecule has 0 bridgehead atoms. The van der Waals surface area contributed by atoms with Crippen LogP contribution in [0.1, 0.15) is 0 Å². The predicted octanol–water partition coefficient (Wildman–Crippen LogP) is 2.72. The molecule has 1 heterocycles. The van der Waals surface area contributed by atoms with E-state index < -0.39 is 0 Å². The summed E-state index contributed by atoms with van der Waals surface area (Å²) in [5, 5.41) is 19.3. The summed E-state index contributed by atoms with van der Waals surface area (Å²) in [6.07, 6.45) is 14.1. The van der Waals surface area contributed by atoms with E-state index in [2.05, 4.69) is 70.8 Å². The van der Waals surface area contributed by atoms with E-state index in [1.165, 1.54) is 0 Å². The van der Waals surface area contributed by atoms with Gasteiger partial charge in [-0.25, -0.2) is 0 Å². The van der Waals surface area contributed by atoms with E-state index in [1.807, 2.05) is 36.5 Å². The monoisotopic (exact) mass is 372 g/mol. The first-order valence-electron chi connectivity index (χ1n) is 8.60. The SMILES string of the molecule is C=CCNCC=C.C=CCNCC=C.C=CCNCC=C.c1cnnnc1. The summed E-state index contributed by atoms with van der Waals surface area (Å²) in [6, 6.07) is 1.72. The van der Waals surface area contributed by atoms with Gasteiger partial charge >= 0.3 is 0 Å². The van der Waals surface area contributed by atoms with Gasteiger partial charge < -0.3 is 16.0 Å². The zero-order valence-electron chi connectivity index (χ0n) is 16.5. The minimum atomic E-state index is 0.867. The van der Waals surface area contributed by atoms with Crippen molar-refractivity contribution >= 4 is 0 Å². The van der Waals surface area contributed by atoms with Gasteiger partial charge in [0.05, 0.1) is 12.4 Å². The average molecular weight is 373 g/mol. The summed E-state index contributed by atoms with van der Waals surface area (Å²) < 4.78 is 0. The lowest BCUT2D eigenvalue weighted by molar-refractivity contribution is 0.845. The molecular formula is C21H36N6. The highest BCUT2D eigenvalue weighted by molar-refractivity contribution is 4.76. The molecule has 0 aliphatic carbocycles. The Bertz CT molecular complexity index is 352. The van der Waals surface area contributed by atoms with Gasteiger partial charge in [-0.05, 0) is 11.3 Å². The van der Waals surface area contributed by atoms with Crippen LogP contribution in [0, 0.1) is 0 Å². The highest BCUT2D eigenvalue weighted by Gasteiger charge is 1.70. The first-order valence-corrected chi connectivity index (χ1v) is 8.60. The molecule has 0 spiro atoms. The summed E-state index contributed by atoms with van der Waals surface area (Å²) in [6.45, 7) is 26.4. The van der Waals surface area contributed by atoms with Crippen LogP contribution in [-0.4, -0.2) is 54.7 Å². The minimum Gasteiger partial charge on any atom is -0.310 e. The highest BCUT2D eigenvalue weighted by atomic mass is 15.3. The van der Waals surface area contributed by atoms with Gasteiger partial charge in [-0.3, -0.25) is 0 Å². The summed E-state index contributed by atoms with van der Waals surface area (Å²) in [5.74, 6) is 0. The van der Waals surface area contributed by atoms with Gasteiger partial charge in [0.25, 0.3) is 0 Å². The van der Waals surface area contributed by atoms with E-state index in [9.17, 15) is 0 Å². The fourth-order valence-electron chi connectivity index (χ4n) is 1.07. The molecule has 0 saturated heterocycles. The quantitative estimate of drug-likeness (QED) is 0.387. The fraction of sp³-hybridized carbons (Fsp3) is 0.286. The Morgan fingerprint density at radius 1 is 0.519 bits per heavy atom. The standard InChI is InChI=1S/3C6H11N.C3H3N3/c3*1-3-5-7-6-4-2;1-2-4-6-5-3-1/h3*3-4,7H,1-2,5-6H2;1-3H. The normalized spacial score (nSPS) is 8.00. The van der Waals surface area contributed by atoms with Gasteiger partial charge in [0.2, 0.25) is 0 Å². The van der Waals surface area contributed by atoms with E-state index >= 15 is 0 Å². The minimum absolute atomic E-state index is 0.867. The Balaban J connectivity index is -0.000000285. The number of nitrogens with one attached hydrogen (secondary N) is 3. The second kappa shape index (κ2) is 34.6. The maximum absolute atomic E-state index is 3.54. The smallest absolute Gasteiger partial charge is 0.0529 e. The third kappa shape index (κ3) is 45.2. The van der Waals surface area contributed by atoms with E-state index in [4.69, 9.17) is 0 Å². The van der Waals surface area contributed by atoms with E-state index in [-0.39, 0.29) is 0 Å². The van der Waals surface area contributed by atoms with Crippen LogP contribution in [0.5, 0.6) is 0 Å². The molecule has 6 heteroatoms. The van der Waals surface area contributed by atoms with Crippen LogP contribution in [0.25, 0.3) is 0 Å². The van der Waals surface area contributed by atoms with Gasteiger partial charge in [-0.2, -0.15) is 0 Å². The molecule has 0 unspecified atom stereocenters. The topological polar surface area (TPSA) is 74.8 Å². The maximum Gasteiger partial charge on any atom is 0.0529 e. The van der Waals surface area contributed by atoms with Gasteiger partial charge in [0.1, 0.15) is 0 Å². The van der Waals surface area contributed by atoms with Crippen LogP contribution in [0.2, 0.25) is 0 Å². The van der Waals surface area contributed by atoms with Crippen molar-refractivity contribution in [2.24, 2.45) is 0 Å². The van der Waals surface area contributed by atoms with Crippen LogP contribution in [0.4, 0.5) is 0 Å². The van der Waals surface area contributed by atoms with Gasteiger partial charge in [0.15, 0.2) is 0 Å². The molecule has 1 rings (SSSR count). The Morgan fingerprint density at radius 3 is 0.889 bits per heavy atom. The Hall–Kier alpha value is -2.67. The molecule has 0 aliphatic rings. The zero-order chi connectivity index (χ0) is 20.8. The molecule has 3 N–H and O–H groups in total. The zero-order valence-corrected chi connectivity index (χ0v) is 16.5. The molecule has 6 nitrogen and oxygen atoms in total. The van der Waals surface area contributed by atoms with Crippen molar-refractivity contribution in [2.75, 3.05) is 39.3 Å². The summed E-state index contributed by atoms with van der Waals surface area (Å²) >= 11 is 0. The number of hydrogen-bond acceptors (Lipinski definition) is 6. The summed E-state index contributed by atoms with van der Waals surface area (Å²) in [5.41, 5.74) is 0. The van der Waals surface area contributed by atoms with Gasteiger partial charge in [-0.1, -0.05) is 36.5 Å².